The van der Waals surface area contributed by atoms with Crippen LogP contribution in [0.2, 0.25) is 0 Å². The van der Waals surface area contributed by atoms with Gasteiger partial charge >= 0.3 is 0 Å². The third kappa shape index (κ3) is 209. The van der Waals surface area contributed by atoms with Crippen molar-refractivity contribution in [1.82, 2.24) is 0 Å². The molecule has 0 amide bonds. The van der Waals surface area contributed by atoms with Crippen molar-refractivity contribution in [3.63, 3.8) is 0 Å². The van der Waals surface area contributed by atoms with Crippen molar-refractivity contribution in [3.8, 4) is 0 Å². The summed E-state index contributed by atoms with van der Waals surface area (Å²) in [5, 5.41) is 0. The van der Waals surface area contributed by atoms with Crippen LogP contribution in [-0.2, 0) is 70.2 Å². The van der Waals surface area contributed by atoms with Crippen molar-refractivity contribution in [2.24, 2.45) is 5.92 Å². The number of hydrogen-bond donors (Lipinski definition) is 0. The Balaban J connectivity index is -0.00000000308. The van der Waals surface area contributed by atoms with Crippen LogP contribution < -0.4 is 0 Å². The monoisotopic (exact) mass is 552 g/mol. The van der Waals surface area contributed by atoms with Gasteiger partial charge in [-0.05, 0) is 6.92 Å². The van der Waals surface area contributed by atoms with E-state index in [2.05, 4.69) is 0 Å². The molecule has 0 saturated carbocycles. The summed E-state index contributed by atoms with van der Waals surface area (Å²) in [6, 6.07) is 0. The second kappa shape index (κ2) is 149. The normalized spacial score (nSPS) is 3.36. The van der Waals surface area contributed by atoms with E-state index in [0.717, 1.165) is 0 Å². The molecule has 4 atom stereocenters. The van der Waals surface area contributed by atoms with E-state index < -0.39 is 0 Å². The molecular weight excluding hydrogens is 498 g/mol. The van der Waals surface area contributed by atoms with Gasteiger partial charge in [-0.2, -0.15) is 39.6 Å². The average molecular weight is 552 g/mol. The van der Waals surface area contributed by atoms with E-state index in [1.54, 1.807) is 6.92 Å². The quantitative estimate of drug-likeness (QED) is 0.261. The van der Waals surface area contributed by atoms with Crippen LogP contribution in [0.1, 0.15) is 77.2 Å². The Hall–Kier alpha value is 3.60. The number of ketones is 1. The number of Topliss-reactive ketones (excluding diaryl/α,β-unsaturated/α-hetero) is 1. The summed E-state index contributed by atoms with van der Waals surface area (Å²) >= 11 is 0. The Kier molecular flexibility index (Phi) is 778. The standard InChI is InChI=1S/C5H10O.3C2H6.2CH4.2CH3.4H3P.2Y/c1-4(2)5(3)6;3*1-2;;;;;;;;;;/h4H,1-3H3;3*1-2H3;2*1H4;6*1H3;;/q;;;;;;2*-1;;;;;;. The summed E-state index contributed by atoms with van der Waals surface area (Å²) < 4.78 is 0. The predicted octanol–water partition coefficient (Wildman–Crippen LogP) is 6.71. The molecule has 0 aromatic carbocycles. The van der Waals surface area contributed by atoms with E-state index >= 15 is 0 Å². The Labute approximate surface area is 211 Å². The molecule has 4 unspecified atom stereocenters. The van der Waals surface area contributed by atoms with Gasteiger partial charge in [-0.3, -0.25) is 4.79 Å². The van der Waals surface area contributed by atoms with Crippen LogP contribution in [0.15, 0.2) is 0 Å². The molecule has 148 valence electrons. The zero-order valence-corrected chi connectivity index (χ0v) is 27.8. The fraction of sp³-hybridized carbons (Fsp3) is 0.800. The maximum absolute atomic E-state index is 10.1. The van der Waals surface area contributed by atoms with Crippen molar-refractivity contribution in [1.29, 1.82) is 0 Å². The Morgan fingerprint density at radius 1 is 0.636 bits per heavy atom. The van der Waals surface area contributed by atoms with Gasteiger partial charge in [0.2, 0.25) is 0 Å². The van der Waals surface area contributed by atoms with Crippen LogP contribution in [0, 0.1) is 20.8 Å². The zero-order chi connectivity index (χ0) is 11.2. The van der Waals surface area contributed by atoms with Crippen LogP contribution in [0.3, 0.4) is 0 Å². The molecule has 0 N–H and O–H groups in total. The molecule has 0 rings (SSSR count). The van der Waals surface area contributed by atoms with Crippen molar-refractivity contribution in [2.75, 3.05) is 0 Å². The van der Waals surface area contributed by atoms with Crippen LogP contribution in [0.4, 0.5) is 0 Å². The molecule has 0 spiro atoms. The fourth-order valence-corrected chi connectivity index (χ4v) is 0. The average Bonchev–Trinajstić information content (AvgIpc) is 2.14. The zero-order valence-electron chi connectivity index (χ0n) is 16.5. The molecule has 0 bridgehead atoms. The van der Waals surface area contributed by atoms with Gasteiger partial charge in [-0.15, -0.1) is 0 Å². The predicted molar refractivity (Wildman–Crippen MR) is 130 cm³/mol. The number of hydrogen-bond acceptors (Lipinski definition) is 1. The van der Waals surface area contributed by atoms with Crippen LogP contribution in [0.5, 0.6) is 0 Å². The molecule has 22 heavy (non-hydrogen) atoms. The molecule has 0 aliphatic rings. The largest absolute Gasteiger partial charge is 0.358 e. The summed E-state index contributed by atoms with van der Waals surface area (Å²) in [6.07, 6.45) is 0. The molecule has 0 saturated heterocycles. The second-order valence-corrected chi connectivity index (χ2v) is 1.77. The first kappa shape index (κ1) is 115. The number of carbonyl (C=O) groups is 1. The van der Waals surface area contributed by atoms with Crippen LogP contribution >= 0.6 is 39.6 Å². The van der Waals surface area contributed by atoms with E-state index in [1.165, 1.54) is 0 Å². The summed E-state index contributed by atoms with van der Waals surface area (Å²) in [4.78, 5) is 10.1. The van der Waals surface area contributed by atoms with Crippen molar-refractivity contribution >= 4 is 45.4 Å². The third-order valence-corrected chi connectivity index (χ3v) is 0.813. The topological polar surface area (TPSA) is 17.1 Å². The molecule has 0 fully saturated rings. The van der Waals surface area contributed by atoms with E-state index in [0.29, 0.717) is 0 Å². The van der Waals surface area contributed by atoms with Gasteiger partial charge in [0, 0.05) is 71.3 Å². The van der Waals surface area contributed by atoms with Crippen molar-refractivity contribution in [3.05, 3.63) is 14.9 Å². The molecule has 2 radical (unpaired) electrons. The third-order valence-electron chi connectivity index (χ3n) is 0.813. The SMILES string of the molecule is C.C.CC.CC.CC.CC(=O)C(C)C.P.P.P.P.[CH3-].[CH3-].[Y].[Y]. The van der Waals surface area contributed by atoms with Crippen molar-refractivity contribution in [2.45, 2.75) is 77.2 Å². The molecule has 0 aromatic heterocycles. The maximum Gasteiger partial charge on any atom is 0.132 e. The summed E-state index contributed by atoms with van der Waals surface area (Å²) in [5.41, 5.74) is 0. The smallest absolute Gasteiger partial charge is 0.132 e. The molecule has 0 heterocycles. The van der Waals surface area contributed by atoms with Crippen molar-refractivity contribution < 1.29 is 70.2 Å². The number of rotatable bonds is 1. The minimum absolute atomic E-state index is 0. The maximum atomic E-state index is 10.1. The van der Waals surface area contributed by atoms with Gasteiger partial charge in [-0.1, -0.05) is 70.2 Å². The Morgan fingerprint density at radius 2 is 0.682 bits per heavy atom. The minimum atomic E-state index is 0. The molecule has 0 aromatic rings. The van der Waals surface area contributed by atoms with Gasteiger partial charge in [0.15, 0.2) is 0 Å². The summed E-state index contributed by atoms with van der Waals surface area (Å²) in [7, 11) is 0. The molecule has 0 aliphatic carbocycles. The second-order valence-electron chi connectivity index (χ2n) is 1.77. The van der Waals surface area contributed by atoms with E-state index in [4.69, 9.17) is 0 Å². The van der Waals surface area contributed by atoms with Crippen LogP contribution in [-0.4, -0.2) is 5.78 Å². The molecular formula is C15H54OP4Y2-2. The summed E-state index contributed by atoms with van der Waals surface area (Å²) in [5.74, 6) is 0.472. The summed E-state index contributed by atoms with van der Waals surface area (Å²) in [6.45, 7) is 17.4. The van der Waals surface area contributed by atoms with E-state index in [1.807, 2.05) is 55.4 Å². The number of carbonyl (C=O) groups excluding carboxylic acids is 1. The first-order valence-corrected chi connectivity index (χ1v) is 5.15. The Bertz CT molecular complexity index is 80.6. The molecule has 7 heteroatoms. The van der Waals surface area contributed by atoms with Gasteiger partial charge < -0.3 is 14.9 Å². The molecule has 0 aliphatic heterocycles. The van der Waals surface area contributed by atoms with Gasteiger partial charge in [0.05, 0.1) is 0 Å². The molecule has 1 nitrogen and oxygen atoms in total. The first-order chi connectivity index (χ1) is 5.64. The van der Waals surface area contributed by atoms with Gasteiger partial charge in [0.1, 0.15) is 5.78 Å². The Morgan fingerprint density at radius 3 is 0.682 bits per heavy atom. The van der Waals surface area contributed by atoms with E-state index in [9.17, 15) is 4.79 Å². The van der Waals surface area contributed by atoms with Gasteiger partial charge in [0.25, 0.3) is 0 Å². The van der Waals surface area contributed by atoms with Gasteiger partial charge in [-0.25, -0.2) is 0 Å². The van der Waals surface area contributed by atoms with Crippen LogP contribution in [0.25, 0.3) is 0 Å². The fourth-order valence-electron chi connectivity index (χ4n) is 0. The van der Waals surface area contributed by atoms with E-state index in [-0.39, 0.29) is 146 Å². The first-order valence-electron chi connectivity index (χ1n) is 5.15. The minimum Gasteiger partial charge on any atom is -0.358 e.